The van der Waals surface area contributed by atoms with Crippen LogP contribution in [0, 0.1) is 13.8 Å². The first-order valence-electron chi connectivity index (χ1n) is 4.86. The highest BCUT2D eigenvalue weighted by Crippen LogP contribution is 2.08. The van der Waals surface area contributed by atoms with Gasteiger partial charge in [0.2, 0.25) is 0 Å². The minimum atomic E-state index is 1.02. The van der Waals surface area contributed by atoms with Crippen molar-refractivity contribution in [3.63, 3.8) is 0 Å². The summed E-state index contributed by atoms with van der Waals surface area (Å²) in [6.07, 6.45) is 1.03. The first-order chi connectivity index (χ1) is 6.16. The van der Waals surface area contributed by atoms with E-state index in [1.165, 1.54) is 11.4 Å². The van der Waals surface area contributed by atoms with E-state index in [1.54, 1.807) is 0 Å². The lowest BCUT2D eigenvalue weighted by atomic mass is 10.2. The lowest BCUT2D eigenvalue weighted by Gasteiger charge is -2.00. The van der Waals surface area contributed by atoms with Crippen molar-refractivity contribution in [2.75, 3.05) is 13.1 Å². The molecule has 1 aromatic heterocycles. The van der Waals surface area contributed by atoms with E-state index in [0.29, 0.717) is 0 Å². The van der Waals surface area contributed by atoms with Crippen LogP contribution in [-0.4, -0.2) is 22.6 Å². The Kier molecular flexibility index (Phi) is 3.48. The Hall–Kier alpha value is -0.830. The molecule has 0 aliphatic rings. The normalized spacial score (nSPS) is 10.8. The van der Waals surface area contributed by atoms with Gasteiger partial charge < -0.3 is 9.88 Å². The summed E-state index contributed by atoms with van der Waals surface area (Å²) in [7, 11) is 2.06. The summed E-state index contributed by atoms with van der Waals surface area (Å²) in [6.45, 7) is 8.35. The Labute approximate surface area is 80.2 Å². The molecule has 1 heterocycles. The van der Waals surface area contributed by atoms with Gasteiger partial charge in [0, 0.05) is 25.7 Å². The maximum atomic E-state index is 4.50. The summed E-state index contributed by atoms with van der Waals surface area (Å²) in [5, 5.41) is 3.30. The summed E-state index contributed by atoms with van der Waals surface area (Å²) in [5.74, 6) is 1.10. The predicted octanol–water partition coefficient (Wildman–Crippen LogP) is 1.19. The highest BCUT2D eigenvalue weighted by molar-refractivity contribution is 5.15. The Balaban J connectivity index is 2.61. The van der Waals surface area contributed by atoms with Gasteiger partial charge in [-0.2, -0.15) is 0 Å². The average molecular weight is 181 g/mol. The number of aryl methyl sites for hydroxylation is 1. The Morgan fingerprint density at radius 1 is 1.38 bits per heavy atom. The molecule has 0 bridgehead atoms. The molecule has 1 N–H and O–H groups in total. The number of hydrogen-bond acceptors (Lipinski definition) is 2. The molecular weight excluding hydrogens is 162 g/mol. The van der Waals surface area contributed by atoms with Crippen molar-refractivity contribution in [2.24, 2.45) is 7.05 Å². The molecule has 13 heavy (non-hydrogen) atoms. The monoisotopic (exact) mass is 181 g/mol. The summed E-state index contributed by atoms with van der Waals surface area (Å²) in [5.41, 5.74) is 2.51. The van der Waals surface area contributed by atoms with Gasteiger partial charge in [-0.3, -0.25) is 0 Å². The van der Waals surface area contributed by atoms with Crippen molar-refractivity contribution in [3.8, 4) is 0 Å². The molecule has 0 saturated carbocycles. The van der Waals surface area contributed by atoms with Crippen LogP contribution < -0.4 is 5.32 Å². The average Bonchev–Trinajstić information content (AvgIpc) is 2.34. The molecule has 3 heteroatoms. The molecule has 0 aromatic carbocycles. The molecule has 74 valence electrons. The summed E-state index contributed by atoms with van der Waals surface area (Å²) >= 11 is 0. The number of rotatable bonds is 4. The molecule has 0 radical (unpaired) electrons. The van der Waals surface area contributed by atoms with E-state index in [2.05, 4.69) is 35.8 Å². The Bertz CT molecular complexity index is 276. The number of nitrogens with one attached hydrogen (secondary N) is 1. The van der Waals surface area contributed by atoms with Crippen molar-refractivity contribution < 1.29 is 0 Å². The quantitative estimate of drug-likeness (QED) is 0.707. The molecular formula is C10H19N3. The van der Waals surface area contributed by atoms with E-state index >= 15 is 0 Å². The minimum absolute atomic E-state index is 1.02. The highest BCUT2D eigenvalue weighted by Gasteiger charge is 2.06. The van der Waals surface area contributed by atoms with Gasteiger partial charge in [-0.15, -0.1) is 0 Å². The number of nitrogens with zero attached hydrogens (tertiary/aromatic N) is 2. The van der Waals surface area contributed by atoms with Crippen LogP contribution in [0.3, 0.4) is 0 Å². The molecule has 1 rings (SSSR count). The second-order valence-corrected chi connectivity index (χ2v) is 3.35. The van der Waals surface area contributed by atoms with E-state index in [4.69, 9.17) is 0 Å². The maximum absolute atomic E-state index is 4.50. The first kappa shape index (κ1) is 10.3. The van der Waals surface area contributed by atoms with Crippen LogP contribution in [0.5, 0.6) is 0 Å². The SMILES string of the molecule is CCNCCc1nc(C)n(C)c1C. The third-order valence-corrected chi connectivity index (χ3v) is 2.49. The van der Waals surface area contributed by atoms with Crippen LogP contribution in [0.2, 0.25) is 0 Å². The van der Waals surface area contributed by atoms with E-state index in [1.807, 2.05) is 6.92 Å². The van der Waals surface area contributed by atoms with Crippen LogP contribution in [0.15, 0.2) is 0 Å². The number of likely N-dealkylation sites (N-methyl/N-ethyl adjacent to an activating group) is 1. The van der Waals surface area contributed by atoms with Crippen LogP contribution in [0.1, 0.15) is 24.1 Å². The molecule has 0 atom stereocenters. The van der Waals surface area contributed by atoms with Crippen LogP contribution in [-0.2, 0) is 13.5 Å². The summed E-state index contributed by atoms with van der Waals surface area (Å²) in [6, 6.07) is 0. The molecule has 0 unspecified atom stereocenters. The van der Waals surface area contributed by atoms with Gasteiger partial charge >= 0.3 is 0 Å². The zero-order valence-corrected chi connectivity index (χ0v) is 9.02. The lowest BCUT2D eigenvalue weighted by molar-refractivity contribution is 0.706. The van der Waals surface area contributed by atoms with Gasteiger partial charge in [0.15, 0.2) is 0 Å². The second-order valence-electron chi connectivity index (χ2n) is 3.35. The van der Waals surface area contributed by atoms with E-state index in [0.717, 1.165) is 25.3 Å². The van der Waals surface area contributed by atoms with Crippen molar-refractivity contribution in [1.82, 2.24) is 14.9 Å². The minimum Gasteiger partial charge on any atom is -0.335 e. The van der Waals surface area contributed by atoms with Crippen molar-refractivity contribution in [1.29, 1.82) is 0 Å². The Morgan fingerprint density at radius 2 is 2.08 bits per heavy atom. The molecule has 0 amide bonds. The maximum Gasteiger partial charge on any atom is 0.105 e. The van der Waals surface area contributed by atoms with Gasteiger partial charge in [-0.05, 0) is 20.4 Å². The molecule has 0 aliphatic heterocycles. The van der Waals surface area contributed by atoms with Crippen LogP contribution >= 0.6 is 0 Å². The number of hydrogen-bond donors (Lipinski definition) is 1. The fourth-order valence-corrected chi connectivity index (χ4v) is 1.41. The van der Waals surface area contributed by atoms with Crippen molar-refractivity contribution in [2.45, 2.75) is 27.2 Å². The summed E-state index contributed by atoms with van der Waals surface area (Å²) < 4.78 is 2.14. The summed E-state index contributed by atoms with van der Waals surface area (Å²) in [4.78, 5) is 4.50. The molecule has 0 spiro atoms. The third-order valence-electron chi connectivity index (χ3n) is 2.49. The zero-order valence-electron chi connectivity index (χ0n) is 9.02. The van der Waals surface area contributed by atoms with Gasteiger partial charge in [0.25, 0.3) is 0 Å². The second kappa shape index (κ2) is 4.42. The zero-order chi connectivity index (χ0) is 9.84. The van der Waals surface area contributed by atoms with E-state index in [-0.39, 0.29) is 0 Å². The van der Waals surface area contributed by atoms with Gasteiger partial charge in [-0.1, -0.05) is 6.92 Å². The highest BCUT2D eigenvalue weighted by atomic mass is 15.1. The van der Waals surface area contributed by atoms with E-state index < -0.39 is 0 Å². The van der Waals surface area contributed by atoms with E-state index in [9.17, 15) is 0 Å². The molecule has 0 fully saturated rings. The third kappa shape index (κ3) is 2.31. The van der Waals surface area contributed by atoms with Gasteiger partial charge in [-0.25, -0.2) is 4.98 Å². The fraction of sp³-hybridized carbons (Fsp3) is 0.700. The standard InChI is InChI=1S/C10H19N3/c1-5-11-7-6-10-8(2)13(4)9(3)12-10/h11H,5-7H2,1-4H3. The number of aromatic nitrogens is 2. The predicted molar refractivity (Wildman–Crippen MR) is 54.9 cm³/mol. The molecule has 1 aromatic rings. The Morgan fingerprint density at radius 3 is 2.54 bits per heavy atom. The molecule has 0 saturated heterocycles. The largest absolute Gasteiger partial charge is 0.335 e. The molecule has 3 nitrogen and oxygen atoms in total. The van der Waals surface area contributed by atoms with Crippen molar-refractivity contribution >= 4 is 0 Å². The lowest BCUT2D eigenvalue weighted by Crippen LogP contribution is -2.16. The molecule has 0 aliphatic carbocycles. The smallest absolute Gasteiger partial charge is 0.105 e. The van der Waals surface area contributed by atoms with Gasteiger partial charge in [0.05, 0.1) is 5.69 Å². The van der Waals surface area contributed by atoms with Crippen molar-refractivity contribution in [3.05, 3.63) is 17.2 Å². The van der Waals surface area contributed by atoms with Crippen LogP contribution in [0.4, 0.5) is 0 Å². The number of imidazole rings is 1. The van der Waals surface area contributed by atoms with Crippen LogP contribution in [0.25, 0.3) is 0 Å². The fourth-order valence-electron chi connectivity index (χ4n) is 1.41. The topological polar surface area (TPSA) is 29.9 Å². The first-order valence-corrected chi connectivity index (χ1v) is 4.86. The van der Waals surface area contributed by atoms with Gasteiger partial charge in [0.1, 0.15) is 5.82 Å².